The normalized spacial score (nSPS) is 18.6. The van der Waals surface area contributed by atoms with Crippen molar-refractivity contribution in [3.05, 3.63) is 35.9 Å². The van der Waals surface area contributed by atoms with E-state index in [4.69, 9.17) is 4.74 Å². The molecule has 106 valence electrons. The van der Waals surface area contributed by atoms with Crippen molar-refractivity contribution >= 4 is 18.5 Å². The highest BCUT2D eigenvalue weighted by Crippen LogP contribution is 2.10. The number of halogens is 1. The first-order valence-corrected chi connectivity index (χ1v) is 6.49. The van der Waals surface area contributed by atoms with Gasteiger partial charge in [0.25, 0.3) is 0 Å². The third kappa shape index (κ3) is 4.40. The Morgan fingerprint density at radius 2 is 2.16 bits per heavy atom. The Morgan fingerprint density at radius 3 is 2.84 bits per heavy atom. The molecule has 19 heavy (non-hydrogen) atoms. The van der Waals surface area contributed by atoms with Crippen molar-refractivity contribution in [2.45, 2.75) is 26.0 Å². The van der Waals surface area contributed by atoms with Crippen LogP contribution in [0, 0.1) is 0 Å². The zero-order valence-corrected chi connectivity index (χ0v) is 12.0. The highest BCUT2D eigenvalue weighted by atomic mass is 35.5. The molecule has 1 aromatic rings. The summed E-state index contributed by atoms with van der Waals surface area (Å²) in [6.07, 6.45) is 0.750. The standard InChI is InChI=1S/C14H20N2O2.ClH/c1-2-13-10-15-8-9-16(13)14(17)18-11-12-6-4-3-5-7-12;/h3-7,13,15H,2,8-11H2,1H3;1H. The molecule has 1 unspecified atom stereocenters. The number of carbonyl (C=O) groups is 1. The molecule has 0 bridgehead atoms. The molecule has 2 rings (SSSR count). The van der Waals surface area contributed by atoms with Crippen LogP contribution in [0.2, 0.25) is 0 Å². The van der Waals surface area contributed by atoms with Gasteiger partial charge < -0.3 is 15.0 Å². The lowest BCUT2D eigenvalue weighted by atomic mass is 10.1. The SMILES string of the molecule is CCC1CNCCN1C(=O)OCc1ccccc1.Cl. The van der Waals surface area contributed by atoms with Crippen molar-refractivity contribution in [2.24, 2.45) is 0 Å². The van der Waals surface area contributed by atoms with E-state index in [9.17, 15) is 4.79 Å². The summed E-state index contributed by atoms with van der Waals surface area (Å²) < 4.78 is 5.36. The van der Waals surface area contributed by atoms with Gasteiger partial charge in [-0.1, -0.05) is 37.3 Å². The van der Waals surface area contributed by atoms with E-state index >= 15 is 0 Å². The number of benzene rings is 1. The van der Waals surface area contributed by atoms with Crippen molar-refractivity contribution in [2.75, 3.05) is 19.6 Å². The molecule has 1 heterocycles. The van der Waals surface area contributed by atoms with E-state index in [0.717, 1.165) is 31.6 Å². The van der Waals surface area contributed by atoms with E-state index in [-0.39, 0.29) is 24.5 Å². The summed E-state index contributed by atoms with van der Waals surface area (Å²) in [5.41, 5.74) is 1.02. The van der Waals surface area contributed by atoms with Crippen molar-refractivity contribution in [3.63, 3.8) is 0 Å². The Kier molecular flexibility index (Phi) is 6.67. The predicted molar refractivity (Wildman–Crippen MR) is 77.5 cm³/mol. The molecule has 0 saturated carbocycles. The van der Waals surface area contributed by atoms with E-state index in [2.05, 4.69) is 12.2 Å². The van der Waals surface area contributed by atoms with Crippen molar-refractivity contribution in [1.82, 2.24) is 10.2 Å². The number of ether oxygens (including phenoxy) is 1. The van der Waals surface area contributed by atoms with E-state index in [1.54, 1.807) is 0 Å². The lowest BCUT2D eigenvalue weighted by molar-refractivity contribution is 0.0713. The average molecular weight is 285 g/mol. The minimum atomic E-state index is -0.202. The monoisotopic (exact) mass is 284 g/mol. The molecule has 1 aromatic carbocycles. The van der Waals surface area contributed by atoms with Gasteiger partial charge in [-0.2, -0.15) is 0 Å². The first kappa shape index (κ1) is 15.8. The van der Waals surface area contributed by atoms with Crippen LogP contribution in [0.15, 0.2) is 30.3 Å². The topological polar surface area (TPSA) is 41.6 Å². The molecule has 1 aliphatic heterocycles. The first-order chi connectivity index (χ1) is 8.81. The summed E-state index contributed by atoms with van der Waals surface area (Å²) in [6.45, 7) is 4.87. The van der Waals surface area contributed by atoms with E-state index in [0.29, 0.717) is 6.61 Å². The maximum absolute atomic E-state index is 12.0. The molecule has 1 N–H and O–H groups in total. The number of piperazine rings is 1. The first-order valence-electron chi connectivity index (χ1n) is 6.49. The van der Waals surface area contributed by atoms with E-state index in [1.807, 2.05) is 35.2 Å². The smallest absolute Gasteiger partial charge is 0.410 e. The minimum Gasteiger partial charge on any atom is -0.445 e. The van der Waals surface area contributed by atoms with Gasteiger partial charge in [-0.25, -0.2) is 4.79 Å². The number of hydrogen-bond donors (Lipinski definition) is 1. The predicted octanol–water partition coefficient (Wildman–Crippen LogP) is 2.43. The fraction of sp³-hybridized carbons (Fsp3) is 0.500. The second-order valence-electron chi connectivity index (χ2n) is 4.50. The molecule has 5 heteroatoms. The van der Waals surface area contributed by atoms with Crippen LogP contribution in [0.4, 0.5) is 4.79 Å². The Morgan fingerprint density at radius 1 is 1.42 bits per heavy atom. The van der Waals surface area contributed by atoms with Gasteiger partial charge >= 0.3 is 6.09 Å². The highest BCUT2D eigenvalue weighted by molar-refractivity contribution is 5.85. The van der Waals surface area contributed by atoms with Gasteiger partial charge in [0, 0.05) is 25.7 Å². The van der Waals surface area contributed by atoms with Crippen LogP contribution < -0.4 is 5.32 Å². The number of hydrogen-bond acceptors (Lipinski definition) is 3. The second kappa shape index (κ2) is 8.02. The van der Waals surface area contributed by atoms with Crippen molar-refractivity contribution < 1.29 is 9.53 Å². The zero-order chi connectivity index (χ0) is 12.8. The van der Waals surface area contributed by atoms with Crippen LogP contribution in [0.1, 0.15) is 18.9 Å². The Labute approximate surface area is 120 Å². The number of nitrogens with one attached hydrogen (secondary N) is 1. The van der Waals surface area contributed by atoms with Gasteiger partial charge in [0.15, 0.2) is 0 Å². The number of carbonyl (C=O) groups excluding carboxylic acids is 1. The van der Waals surface area contributed by atoms with E-state index < -0.39 is 0 Å². The van der Waals surface area contributed by atoms with Crippen LogP contribution in [0.3, 0.4) is 0 Å². The lowest BCUT2D eigenvalue weighted by Gasteiger charge is -2.34. The maximum Gasteiger partial charge on any atom is 0.410 e. The third-order valence-electron chi connectivity index (χ3n) is 3.26. The van der Waals surface area contributed by atoms with Gasteiger partial charge in [-0.05, 0) is 12.0 Å². The largest absolute Gasteiger partial charge is 0.445 e. The van der Waals surface area contributed by atoms with Crippen LogP contribution in [-0.2, 0) is 11.3 Å². The Bertz CT molecular complexity index is 386. The summed E-state index contributed by atoms with van der Waals surface area (Å²) >= 11 is 0. The summed E-state index contributed by atoms with van der Waals surface area (Å²) in [4.78, 5) is 13.8. The molecule has 1 aliphatic rings. The molecular weight excluding hydrogens is 264 g/mol. The van der Waals surface area contributed by atoms with Crippen LogP contribution in [0.5, 0.6) is 0 Å². The molecule has 1 atom stereocenters. The van der Waals surface area contributed by atoms with Gasteiger partial charge in [-0.15, -0.1) is 12.4 Å². The summed E-state index contributed by atoms with van der Waals surface area (Å²) in [7, 11) is 0. The summed E-state index contributed by atoms with van der Waals surface area (Å²) in [5, 5.41) is 3.29. The molecule has 0 aliphatic carbocycles. The lowest BCUT2D eigenvalue weighted by Crippen LogP contribution is -2.53. The number of nitrogens with zero attached hydrogens (tertiary/aromatic N) is 1. The van der Waals surface area contributed by atoms with Crippen LogP contribution >= 0.6 is 12.4 Å². The van der Waals surface area contributed by atoms with Crippen LogP contribution in [0.25, 0.3) is 0 Å². The average Bonchev–Trinajstić information content (AvgIpc) is 2.45. The van der Waals surface area contributed by atoms with Crippen molar-refractivity contribution in [3.8, 4) is 0 Å². The second-order valence-corrected chi connectivity index (χ2v) is 4.50. The van der Waals surface area contributed by atoms with E-state index in [1.165, 1.54) is 0 Å². The molecule has 1 fully saturated rings. The Hall–Kier alpha value is -1.26. The Balaban J connectivity index is 0.00000180. The molecule has 0 spiro atoms. The molecular formula is C14H21ClN2O2. The van der Waals surface area contributed by atoms with Gasteiger partial charge in [0.1, 0.15) is 6.61 Å². The molecule has 4 nitrogen and oxygen atoms in total. The molecule has 0 radical (unpaired) electrons. The quantitative estimate of drug-likeness (QED) is 0.927. The van der Waals surface area contributed by atoms with Gasteiger partial charge in [0.2, 0.25) is 0 Å². The maximum atomic E-state index is 12.0. The molecule has 0 aromatic heterocycles. The molecule has 1 saturated heterocycles. The number of rotatable bonds is 3. The fourth-order valence-corrected chi connectivity index (χ4v) is 2.17. The molecule has 1 amide bonds. The van der Waals surface area contributed by atoms with Crippen molar-refractivity contribution in [1.29, 1.82) is 0 Å². The third-order valence-corrected chi connectivity index (χ3v) is 3.26. The summed E-state index contributed by atoms with van der Waals surface area (Å²) in [5.74, 6) is 0. The summed E-state index contributed by atoms with van der Waals surface area (Å²) in [6, 6.07) is 10.0. The van der Waals surface area contributed by atoms with Crippen LogP contribution in [-0.4, -0.2) is 36.7 Å². The highest BCUT2D eigenvalue weighted by Gasteiger charge is 2.26. The zero-order valence-electron chi connectivity index (χ0n) is 11.2. The van der Waals surface area contributed by atoms with Gasteiger partial charge in [0.05, 0.1) is 0 Å². The van der Waals surface area contributed by atoms with Gasteiger partial charge in [-0.3, -0.25) is 0 Å². The minimum absolute atomic E-state index is 0. The number of amides is 1. The fourth-order valence-electron chi connectivity index (χ4n) is 2.17.